The third-order valence-corrected chi connectivity index (χ3v) is 4.25. The Hall–Kier alpha value is -1.94. The Bertz CT molecular complexity index is 527. The van der Waals surface area contributed by atoms with Crippen molar-refractivity contribution in [2.75, 3.05) is 26.2 Å². The van der Waals surface area contributed by atoms with Crippen molar-refractivity contribution in [1.29, 1.82) is 0 Å². The molecule has 3 rings (SSSR count). The lowest BCUT2D eigenvalue weighted by Crippen LogP contribution is -2.39. The predicted octanol–water partition coefficient (Wildman–Crippen LogP) is 1.86. The van der Waals surface area contributed by atoms with E-state index in [2.05, 4.69) is 10.6 Å². The van der Waals surface area contributed by atoms with Gasteiger partial charge < -0.3 is 15.4 Å². The molecule has 1 heterocycles. The van der Waals surface area contributed by atoms with Crippen LogP contribution < -0.4 is 10.6 Å². The average molecular weight is 330 g/mol. The molecule has 0 amide bonds. The minimum Gasteiger partial charge on any atom is -0.461 e. The predicted molar refractivity (Wildman–Crippen MR) is 93.1 cm³/mol. The highest BCUT2D eigenvalue weighted by Crippen LogP contribution is 2.27. The van der Waals surface area contributed by atoms with Gasteiger partial charge in [-0.1, -0.05) is 30.3 Å². The van der Waals surface area contributed by atoms with Crippen molar-refractivity contribution in [3.63, 3.8) is 0 Å². The molecule has 130 valence electrons. The van der Waals surface area contributed by atoms with Crippen LogP contribution in [0.3, 0.4) is 0 Å². The first-order chi connectivity index (χ1) is 11.8. The van der Waals surface area contributed by atoms with Crippen molar-refractivity contribution < 1.29 is 14.3 Å². The second-order valence-electron chi connectivity index (χ2n) is 6.07. The minimum absolute atomic E-state index is 0.0641. The molecule has 2 N–H and O–H groups in total. The summed E-state index contributed by atoms with van der Waals surface area (Å²) >= 11 is 0. The van der Waals surface area contributed by atoms with Gasteiger partial charge in [-0.2, -0.15) is 0 Å². The summed E-state index contributed by atoms with van der Waals surface area (Å²) in [6.07, 6.45) is 2.76. The monoisotopic (exact) mass is 330 g/mol. The Morgan fingerprint density at radius 1 is 1.04 bits per heavy atom. The number of carbonyl (C=O) groups excluding carboxylic acids is 2. The zero-order valence-electron chi connectivity index (χ0n) is 14.1. The first kappa shape index (κ1) is 18.4. The molecule has 0 spiro atoms. The number of carbonyl (C=O) groups is 1. The maximum atomic E-state index is 11.8. The number of esters is 1. The van der Waals surface area contributed by atoms with E-state index in [0.29, 0.717) is 32.3 Å². The number of ether oxygens (including phenoxy) is 1. The summed E-state index contributed by atoms with van der Waals surface area (Å²) in [6.45, 7) is 4.88. The van der Waals surface area contributed by atoms with Crippen molar-refractivity contribution >= 4 is 11.9 Å². The summed E-state index contributed by atoms with van der Waals surface area (Å²) in [5, 5.41) is 6.44. The van der Waals surface area contributed by atoms with Gasteiger partial charge in [0.05, 0.1) is 5.92 Å². The Labute approximate surface area is 143 Å². The van der Waals surface area contributed by atoms with Gasteiger partial charge in [-0.3, -0.25) is 4.79 Å². The van der Waals surface area contributed by atoms with Crippen LogP contribution in [-0.2, 0) is 20.9 Å². The van der Waals surface area contributed by atoms with E-state index < -0.39 is 0 Å². The van der Waals surface area contributed by atoms with Gasteiger partial charge in [0.1, 0.15) is 12.5 Å². The van der Waals surface area contributed by atoms with Crippen LogP contribution >= 0.6 is 0 Å². The highest BCUT2D eigenvalue weighted by molar-refractivity contribution is 5.73. The fourth-order valence-corrected chi connectivity index (χ4v) is 2.75. The Morgan fingerprint density at radius 2 is 1.62 bits per heavy atom. The Balaban J connectivity index is 0.000000292. The fraction of sp³-hybridized carbons (Fsp3) is 0.526. The van der Waals surface area contributed by atoms with Gasteiger partial charge in [-0.05, 0) is 31.2 Å². The van der Waals surface area contributed by atoms with Crippen molar-refractivity contribution in [2.24, 2.45) is 5.92 Å². The number of benzene rings is 1. The lowest BCUT2D eigenvalue weighted by Gasteiger charge is -2.20. The molecular formula is C19H26N2O3. The van der Waals surface area contributed by atoms with E-state index >= 15 is 0 Å². The largest absolute Gasteiger partial charge is 0.461 e. The van der Waals surface area contributed by atoms with Crippen molar-refractivity contribution in [2.45, 2.75) is 32.3 Å². The van der Waals surface area contributed by atoms with Gasteiger partial charge >= 0.3 is 5.97 Å². The normalized spacial score (nSPS) is 20.3. The van der Waals surface area contributed by atoms with E-state index in [4.69, 9.17) is 4.74 Å². The molecule has 5 nitrogen and oxygen atoms in total. The van der Waals surface area contributed by atoms with Gasteiger partial charge in [-0.15, -0.1) is 0 Å². The maximum absolute atomic E-state index is 11.8. The molecule has 0 bridgehead atoms. The molecule has 1 aromatic rings. The van der Waals surface area contributed by atoms with Gasteiger partial charge in [0, 0.05) is 31.8 Å². The second kappa shape index (κ2) is 10.8. The first-order valence-electron chi connectivity index (χ1n) is 8.64. The van der Waals surface area contributed by atoms with Crippen LogP contribution in [0.1, 0.15) is 31.2 Å². The molecule has 0 radical (unpaired) electrons. The van der Waals surface area contributed by atoms with Crippen LogP contribution in [0.5, 0.6) is 0 Å². The molecule has 1 aliphatic carbocycles. The highest BCUT2D eigenvalue weighted by atomic mass is 16.5. The molecule has 1 aromatic carbocycles. The second-order valence-corrected chi connectivity index (χ2v) is 6.07. The third kappa shape index (κ3) is 6.67. The molecule has 1 saturated carbocycles. The SMILES string of the molecule is C1CNCCN1.O=C=C1CCC(C(=O)OCc2ccccc2)CC1. The Kier molecular flexibility index (Phi) is 8.25. The van der Waals surface area contributed by atoms with Gasteiger partial charge in [-0.25, -0.2) is 4.79 Å². The number of hydrogen-bond donors (Lipinski definition) is 2. The summed E-state index contributed by atoms with van der Waals surface area (Å²) in [7, 11) is 0. The average Bonchev–Trinajstić information content (AvgIpc) is 2.69. The molecule has 5 heteroatoms. The molecule has 1 saturated heterocycles. The Morgan fingerprint density at radius 3 is 2.12 bits per heavy atom. The van der Waals surface area contributed by atoms with Gasteiger partial charge in [0.2, 0.25) is 0 Å². The summed E-state index contributed by atoms with van der Waals surface area (Å²) in [6, 6.07) is 9.64. The minimum atomic E-state index is -0.149. The van der Waals surface area contributed by atoms with E-state index in [9.17, 15) is 9.59 Å². The fourth-order valence-electron chi connectivity index (χ4n) is 2.75. The summed E-state index contributed by atoms with van der Waals surface area (Å²) in [5.41, 5.74) is 1.79. The topological polar surface area (TPSA) is 67.4 Å². The standard InChI is InChI=1S/C15H16O3.C4H10N2/c16-10-12-6-8-14(9-7-12)15(17)18-11-13-4-2-1-3-5-13;1-2-6-4-3-5-1/h1-5,14H,6-9,11H2;5-6H,1-4H2. The highest BCUT2D eigenvalue weighted by Gasteiger charge is 2.24. The summed E-state index contributed by atoms with van der Waals surface area (Å²) in [4.78, 5) is 22.3. The van der Waals surface area contributed by atoms with E-state index in [1.54, 1.807) is 0 Å². The third-order valence-electron chi connectivity index (χ3n) is 4.25. The molecule has 2 fully saturated rings. The first-order valence-corrected chi connectivity index (χ1v) is 8.64. The molecule has 1 aliphatic heterocycles. The van der Waals surface area contributed by atoms with Crippen molar-refractivity contribution in [3.8, 4) is 0 Å². The number of allylic oxidation sites excluding steroid dienone is 1. The quantitative estimate of drug-likeness (QED) is 0.654. The van der Waals surface area contributed by atoms with Crippen LogP contribution in [0.2, 0.25) is 0 Å². The zero-order valence-corrected chi connectivity index (χ0v) is 14.1. The molecule has 0 atom stereocenters. The van der Waals surface area contributed by atoms with E-state index in [1.807, 2.05) is 36.3 Å². The van der Waals surface area contributed by atoms with Crippen LogP contribution in [0.15, 0.2) is 35.9 Å². The molecule has 0 unspecified atom stereocenters. The number of nitrogens with one attached hydrogen (secondary N) is 2. The van der Waals surface area contributed by atoms with Gasteiger partial charge in [0.25, 0.3) is 0 Å². The smallest absolute Gasteiger partial charge is 0.309 e. The number of rotatable bonds is 3. The number of piperazine rings is 1. The maximum Gasteiger partial charge on any atom is 0.309 e. The van der Waals surface area contributed by atoms with E-state index in [1.165, 1.54) is 0 Å². The van der Waals surface area contributed by atoms with E-state index in [0.717, 1.165) is 37.3 Å². The van der Waals surface area contributed by atoms with Crippen molar-refractivity contribution in [1.82, 2.24) is 10.6 Å². The van der Waals surface area contributed by atoms with Crippen molar-refractivity contribution in [3.05, 3.63) is 41.5 Å². The lowest BCUT2D eigenvalue weighted by atomic mass is 9.86. The lowest BCUT2D eigenvalue weighted by molar-refractivity contribution is -0.150. The molecule has 24 heavy (non-hydrogen) atoms. The molecule has 2 aliphatic rings. The van der Waals surface area contributed by atoms with Crippen LogP contribution in [-0.4, -0.2) is 38.1 Å². The van der Waals surface area contributed by atoms with Crippen LogP contribution in [0, 0.1) is 5.92 Å². The van der Waals surface area contributed by atoms with Crippen LogP contribution in [0.4, 0.5) is 0 Å². The van der Waals surface area contributed by atoms with Gasteiger partial charge in [0.15, 0.2) is 0 Å². The molecular weight excluding hydrogens is 304 g/mol. The summed E-state index contributed by atoms with van der Waals surface area (Å²) in [5.74, 6) is 1.72. The zero-order chi connectivity index (χ0) is 17.0. The van der Waals surface area contributed by atoms with Crippen LogP contribution in [0.25, 0.3) is 0 Å². The molecule has 0 aromatic heterocycles. The number of hydrogen-bond acceptors (Lipinski definition) is 5. The summed E-state index contributed by atoms with van der Waals surface area (Å²) < 4.78 is 5.29. The van der Waals surface area contributed by atoms with E-state index in [-0.39, 0.29) is 11.9 Å².